The second kappa shape index (κ2) is 7.29. The lowest BCUT2D eigenvalue weighted by atomic mass is 9.75. The van der Waals surface area contributed by atoms with E-state index in [0.717, 1.165) is 18.9 Å². The minimum Gasteiger partial charge on any atom is -0.377 e. The minimum absolute atomic E-state index is 0.249. The first kappa shape index (κ1) is 14.0. The summed E-state index contributed by atoms with van der Waals surface area (Å²) in [7, 11) is 0. The Morgan fingerprint density at radius 3 is 2.56 bits per heavy atom. The zero-order chi connectivity index (χ0) is 12.0. The van der Waals surface area contributed by atoms with Crippen molar-refractivity contribution in [2.24, 2.45) is 17.6 Å². The molecule has 0 saturated heterocycles. The summed E-state index contributed by atoms with van der Waals surface area (Å²) < 4.78 is 5.75. The van der Waals surface area contributed by atoms with Crippen molar-refractivity contribution in [1.29, 1.82) is 0 Å². The van der Waals surface area contributed by atoms with E-state index in [2.05, 4.69) is 20.8 Å². The normalized spacial score (nSPS) is 30.0. The van der Waals surface area contributed by atoms with Gasteiger partial charge in [0.15, 0.2) is 0 Å². The molecule has 0 spiro atoms. The average Bonchev–Trinajstić information content (AvgIpc) is 2.35. The molecular formula is C14H29NO. The highest BCUT2D eigenvalue weighted by Gasteiger charge is 2.30. The molecule has 0 heterocycles. The quantitative estimate of drug-likeness (QED) is 0.755. The van der Waals surface area contributed by atoms with E-state index in [0.29, 0.717) is 5.92 Å². The highest BCUT2D eigenvalue weighted by atomic mass is 16.5. The molecule has 0 aromatic heterocycles. The molecule has 16 heavy (non-hydrogen) atoms. The summed E-state index contributed by atoms with van der Waals surface area (Å²) >= 11 is 0. The van der Waals surface area contributed by atoms with Crippen LogP contribution in [-0.4, -0.2) is 18.8 Å². The van der Waals surface area contributed by atoms with E-state index in [1.54, 1.807) is 0 Å². The van der Waals surface area contributed by atoms with Crippen molar-refractivity contribution >= 4 is 0 Å². The van der Waals surface area contributed by atoms with Crippen molar-refractivity contribution in [3.63, 3.8) is 0 Å². The van der Waals surface area contributed by atoms with Gasteiger partial charge in [-0.2, -0.15) is 0 Å². The van der Waals surface area contributed by atoms with Crippen molar-refractivity contribution in [1.82, 2.24) is 0 Å². The molecule has 1 saturated carbocycles. The van der Waals surface area contributed by atoms with Gasteiger partial charge in [-0.1, -0.05) is 33.1 Å². The fourth-order valence-electron chi connectivity index (χ4n) is 3.07. The first-order valence-electron chi connectivity index (χ1n) is 7.10. The largest absolute Gasteiger partial charge is 0.377 e. The van der Waals surface area contributed by atoms with Gasteiger partial charge in [0.1, 0.15) is 0 Å². The van der Waals surface area contributed by atoms with Crippen LogP contribution < -0.4 is 5.73 Å². The van der Waals surface area contributed by atoms with E-state index in [9.17, 15) is 0 Å². The zero-order valence-electron chi connectivity index (χ0n) is 11.2. The lowest BCUT2D eigenvalue weighted by Gasteiger charge is -2.35. The third-order valence-electron chi connectivity index (χ3n) is 4.16. The zero-order valence-corrected chi connectivity index (χ0v) is 11.2. The molecule has 2 heteroatoms. The van der Waals surface area contributed by atoms with Gasteiger partial charge >= 0.3 is 0 Å². The third kappa shape index (κ3) is 3.74. The van der Waals surface area contributed by atoms with Crippen LogP contribution in [0.3, 0.4) is 0 Å². The molecule has 2 N–H and O–H groups in total. The van der Waals surface area contributed by atoms with Crippen LogP contribution in [-0.2, 0) is 4.74 Å². The Kier molecular flexibility index (Phi) is 6.37. The molecule has 0 aliphatic heterocycles. The van der Waals surface area contributed by atoms with Gasteiger partial charge in [-0.25, -0.2) is 0 Å². The smallest absolute Gasteiger partial charge is 0.0725 e. The molecule has 1 aliphatic rings. The Bertz CT molecular complexity index is 184. The van der Waals surface area contributed by atoms with E-state index in [1.165, 1.54) is 32.1 Å². The molecular weight excluding hydrogens is 198 g/mol. The SMILES string of the molecule is CCOC(CC)C(N)C1CCCC(CC)C1. The van der Waals surface area contributed by atoms with Gasteiger partial charge in [-0.15, -0.1) is 0 Å². The molecule has 96 valence electrons. The Morgan fingerprint density at radius 1 is 1.25 bits per heavy atom. The Hall–Kier alpha value is -0.0800. The summed E-state index contributed by atoms with van der Waals surface area (Å²) in [6, 6.07) is 0.249. The summed E-state index contributed by atoms with van der Waals surface area (Å²) in [6.45, 7) is 7.33. The number of rotatable bonds is 6. The van der Waals surface area contributed by atoms with Crippen molar-refractivity contribution in [2.45, 2.75) is 71.4 Å². The summed E-state index contributed by atoms with van der Waals surface area (Å²) in [6.07, 6.45) is 8.02. The molecule has 0 radical (unpaired) electrons. The first-order valence-corrected chi connectivity index (χ1v) is 7.10. The van der Waals surface area contributed by atoms with Gasteiger partial charge < -0.3 is 10.5 Å². The molecule has 4 unspecified atom stereocenters. The Morgan fingerprint density at radius 2 is 2.00 bits per heavy atom. The maximum atomic E-state index is 6.38. The molecule has 0 aromatic rings. The number of nitrogens with two attached hydrogens (primary N) is 1. The van der Waals surface area contributed by atoms with E-state index in [-0.39, 0.29) is 12.1 Å². The van der Waals surface area contributed by atoms with Crippen molar-refractivity contribution in [3.05, 3.63) is 0 Å². The van der Waals surface area contributed by atoms with Crippen LogP contribution in [0, 0.1) is 11.8 Å². The summed E-state index contributed by atoms with van der Waals surface area (Å²) in [5.41, 5.74) is 6.38. The highest BCUT2D eigenvalue weighted by Crippen LogP contribution is 2.33. The van der Waals surface area contributed by atoms with Crippen LogP contribution >= 0.6 is 0 Å². The van der Waals surface area contributed by atoms with E-state index < -0.39 is 0 Å². The van der Waals surface area contributed by atoms with Gasteiger partial charge in [0.05, 0.1) is 6.10 Å². The predicted octanol–water partition coefficient (Wildman–Crippen LogP) is 3.35. The fourth-order valence-corrected chi connectivity index (χ4v) is 3.07. The molecule has 4 atom stereocenters. The van der Waals surface area contributed by atoms with Gasteiger partial charge in [-0.3, -0.25) is 0 Å². The standard InChI is InChI=1S/C14H29NO/c1-4-11-8-7-9-12(10-11)14(15)13(5-2)16-6-3/h11-14H,4-10,15H2,1-3H3. The van der Waals surface area contributed by atoms with Crippen LogP contribution in [0.1, 0.15) is 59.3 Å². The van der Waals surface area contributed by atoms with E-state index >= 15 is 0 Å². The molecule has 1 rings (SSSR count). The van der Waals surface area contributed by atoms with Gasteiger partial charge in [0.25, 0.3) is 0 Å². The molecule has 1 fully saturated rings. The lowest BCUT2D eigenvalue weighted by Crippen LogP contribution is -2.44. The number of hydrogen-bond acceptors (Lipinski definition) is 2. The molecule has 0 aromatic carbocycles. The van der Waals surface area contributed by atoms with Crippen LogP contribution in [0.25, 0.3) is 0 Å². The molecule has 0 bridgehead atoms. The van der Waals surface area contributed by atoms with Crippen LogP contribution in [0.2, 0.25) is 0 Å². The summed E-state index contributed by atoms with van der Waals surface area (Å²) in [4.78, 5) is 0. The second-order valence-corrected chi connectivity index (χ2v) is 5.18. The fraction of sp³-hybridized carbons (Fsp3) is 1.00. The maximum absolute atomic E-state index is 6.38. The minimum atomic E-state index is 0.249. The van der Waals surface area contributed by atoms with Crippen molar-refractivity contribution < 1.29 is 4.74 Å². The van der Waals surface area contributed by atoms with Crippen LogP contribution in [0.15, 0.2) is 0 Å². The maximum Gasteiger partial charge on any atom is 0.0725 e. The average molecular weight is 227 g/mol. The Labute approximate surface area is 101 Å². The van der Waals surface area contributed by atoms with E-state index in [4.69, 9.17) is 10.5 Å². The van der Waals surface area contributed by atoms with E-state index in [1.807, 2.05) is 0 Å². The summed E-state index contributed by atoms with van der Waals surface area (Å²) in [5, 5.41) is 0. The highest BCUT2D eigenvalue weighted by molar-refractivity contribution is 4.84. The monoisotopic (exact) mass is 227 g/mol. The van der Waals surface area contributed by atoms with Gasteiger partial charge in [0, 0.05) is 12.6 Å². The lowest BCUT2D eigenvalue weighted by molar-refractivity contribution is 0.0174. The second-order valence-electron chi connectivity index (χ2n) is 5.18. The molecule has 2 nitrogen and oxygen atoms in total. The van der Waals surface area contributed by atoms with Crippen LogP contribution in [0.5, 0.6) is 0 Å². The predicted molar refractivity (Wildman–Crippen MR) is 69.4 cm³/mol. The molecule has 0 amide bonds. The van der Waals surface area contributed by atoms with Crippen molar-refractivity contribution in [2.75, 3.05) is 6.61 Å². The van der Waals surface area contributed by atoms with Crippen molar-refractivity contribution in [3.8, 4) is 0 Å². The number of hydrogen-bond donors (Lipinski definition) is 1. The number of ether oxygens (including phenoxy) is 1. The first-order chi connectivity index (χ1) is 7.72. The summed E-state index contributed by atoms with van der Waals surface area (Å²) in [5.74, 6) is 1.60. The van der Waals surface area contributed by atoms with Crippen LogP contribution in [0.4, 0.5) is 0 Å². The molecule has 1 aliphatic carbocycles. The Balaban J connectivity index is 2.47. The van der Waals surface area contributed by atoms with Gasteiger partial charge in [0.2, 0.25) is 0 Å². The van der Waals surface area contributed by atoms with Gasteiger partial charge in [-0.05, 0) is 38.0 Å². The topological polar surface area (TPSA) is 35.2 Å². The third-order valence-corrected chi connectivity index (χ3v) is 4.16.